The van der Waals surface area contributed by atoms with Crippen LogP contribution in [-0.4, -0.2) is 18.4 Å². The van der Waals surface area contributed by atoms with Crippen LogP contribution in [0.4, 0.5) is 5.69 Å². The highest BCUT2D eigenvalue weighted by atomic mass is 15.2. The lowest BCUT2D eigenvalue weighted by Crippen LogP contribution is -2.33. The predicted octanol–water partition coefficient (Wildman–Crippen LogP) is 3.89. The number of amidine groups is 1. The number of anilines is 1. The Bertz CT molecular complexity index is 657. The second kappa shape index (κ2) is 5.76. The summed E-state index contributed by atoms with van der Waals surface area (Å²) in [5.74, 6) is 0.140. The van der Waals surface area contributed by atoms with Crippen LogP contribution in [0.15, 0.2) is 36.4 Å². The number of hydrogen-bond acceptors (Lipinski definition) is 2. The van der Waals surface area contributed by atoms with Crippen LogP contribution in [0.1, 0.15) is 38.2 Å². The molecule has 3 N–H and O–H groups in total. The zero-order chi connectivity index (χ0) is 14.8. The standard InChI is InChI=1S/C18H23N3/c1-2-21(13-7-3-4-8-13)17-12-11-16(18(19)20)14-9-5-6-10-15(14)17/h5-6,9-13H,2-4,7-8H2,1H3,(H3,19,20). The van der Waals surface area contributed by atoms with Crippen LogP contribution in [0.2, 0.25) is 0 Å². The molecule has 0 unspecified atom stereocenters. The maximum atomic E-state index is 7.77. The van der Waals surface area contributed by atoms with Crippen molar-refractivity contribution in [2.24, 2.45) is 5.73 Å². The van der Waals surface area contributed by atoms with E-state index in [0.29, 0.717) is 6.04 Å². The van der Waals surface area contributed by atoms with Crippen molar-refractivity contribution in [1.82, 2.24) is 0 Å². The summed E-state index contributed by atoms with van der Waals surface area (Å²) >= 11 is 0. The van der Waals surface area contributed by atoms with Crippen molar-refractivity contribution in [3.05, 3.63) is 42.0 Å². The third-order valence-electron chi connectivity index (χ3n) is 4.61. The summed E-state index contributed by atoms with van der Waals surface area (Å²) in [4.78, 5) is 2.53. The molecule has 0 aromatic heterocycles. The molecule has 1 aliphatic rings. The summed E-state index contributed by atoms with van der Waals surface area (Å²) in [5.41, 5.74) is 7.84. The minimum absolute atomic E-state index is 0.140. The largest absolute Gasteiger partial charge is 0.384 e. The van der Waals surface area contributed by atoms with Crippen LogP contribution in [0.5, 0.6) is 0 Å². The maximum absolute atomic E-state index is 7.77. The fraction of sp³-hybridized carbons (Fsp3) is 0.389. The molecular formula is C18H23N3. The van der Waals surface area contributed by atoms with Gasteiger partial charge in [-0.2, -0.15) is 0 Å². The van der Waals surface area contributed by atoms with Crippen molar-refractivity contribution < 1.29 is 0 Å². The number of fused-ring (bicyclic) bond motifs is 1. The van der Waals surface area contributed by atoms with Gasteiger partial charge in [-0.05, 0) is 37.3 Å². The summed E-state index contributed by atoms with van der Waals surface area (Å²) in [6, 6.07) is 13.1. The molecule has 2 aromatic rings. The number of nitrogens with two attached hydrogens (primary N) is 1. The Morgan fingerprint density at radius 1 is 1.14 bits per heavy atom. The van der Waals surface area contributed by atoms with Crippen molar-refractivity contribution in [1.29, 1.82) is 5.41 Å². The lowest BCUT2D eigenvalue weighted by Gasteiger charge is -2.31. The molecule has 0 heterocycles. The average Bonchev–Trinajstić information content (AvgIpc) is 3.02. The fourth-order valence-electron chi connectivity index (χ4n) is 3.61. The second-order valence-electron chi connectivity index (χ2n) is 5.82. The van der Waals surface area contributed by atoms with E-state index in [1.807, 2.05) is 12.1 Å². The van der Waals surface area contributed by atoms with Gasteiger partial charge in [-0.3, -0.25) is 5.41 Å². The van der Waals surface area contributed by atoms with Crippen LogP contribution in [0.25, 0.3) is 10.8 Å². The molecule has 2 aromatic carbocycles. The molecule has 0 aliphatic heterocycles. The predicted molar refractivity (Wildman–Crippen MR) is 90.2 cm³/mol. The molecule has 1 saturated carbocycles. The van der Waals surface area contributed by atoms with E-state index in [-0.39, 0.29) is 5.84 Å². The highest BCUT2D eigenvalue weighted by Crippen LogP contribution is 2.34. The Kier molecular flexibility index (Phi) is 3.82. The summed E-state index contributed by atoms with van der Waals surface area (Å²) in [5, 5.41) is 10.1. The molecule has 1 fully saturated rings. The SMILES string of the molecule is CCN(c1ccc(C(=N)N)c2ccccc12)C1CCCC1. The van der Waals surface area contributed by atoms with Gasteiger partial charge in [0.25, 0.3) is 0 Å². The lowest BCUT2D eigenvalue weighted by molar-refractivity contribution is 0.621. The van der Waals surface area contributed by atoms with Gasteiger partial charge in [0, 0.05) is 29.2 Å². The third-order valence-corrected chi connectivity index (χ3v) is 4.61. The zero-order valence-electron chi connectivity index (χ0n) is 12.6. The van der Waals surface area contributed by atoms with E-state index in [1.165, 1.54) is 36.8 Å². The number of benzene rings is 2. The number of nitrogen functional groups attached to an aromatic ring is 1. The molecule has 1 aliphatic carbocycles. The first kappa shape index (κ1) is 13.9. The molecule has 3 rings (SSSR count). The van der Waals surface area contributed by atoms with E-state index < -0.39 is 0 Å². The van der Waals surface area contributed by atoms with E-state index in [0.717, 1.165) is 17.5 Å². The number of nitrogens with zero attached hydrogens (tertiary/aromatic N) is 1. The molecule has 0 amide bonds. The first-order valence-electron chi connectivity index (χ1n) is 7.85. The fourth-order valence-corrected chi connectivity index (χ4v) is 3.61. The highest BCUT2D eigenvalue weighted by molar-refractivity contribution is 6.10. The molecule has 0 spiro atoms. The molecule has 3 nitrogen and oxygen atoms in total. The minimum Gasteiger partial charge on any atom is -0.384 e. The molecule has 110 valence electrons. The highest BCUT2D eigenvalue weighted by Gasteiger charge is 2.23. The first-order valence-corrected chi connectivity index (χ1v) is 7.85. The van der Waals surface area contributed by atoms with Gasteiger partial charge < -0.3 is 10.6 Å². The summed E-state index contributed by atoms with van der Waals surface area (Å²) < 4.78 is 0. The smallest absolute Gasteiger partial charge is 0.123 e. The van der Waals surface area contributed by atoms with E-state index in [4.69, 9.17) is 11.1 Å². The number of rotatable bonds is 4. The molecule has 0 atom stereocenters. The number of hydrogen-bond donors (Lipinski definition) is 2. The van der Waals surface area contributed by atoms with Gasteiger partial charge in [-0.25, -0.2) is 0 Å². The monoisotopic (exact) mass is 281 g/mol. The van der Waals surface area contributed by atoms with Crippen LogP contribution < -0.4 is 10.6 Å². The Morgan fingerprint density at radius 2 is 1.81 bits per heavy atom. The summed E-state index contributed by atoms with van der Waals surface area (Å²) in [7, 11) is 0. The van der Waals surface area contributed by atoms with E-state index in [9.17, 15) is 0 Å². The van der Waals surface area contributed by atoms with Crippen molar-refractivity contribution in [3.63, 3.8) is 0 Å². The topological polar surface area (TPSA) is 53.1 Å². The zero-order valence-corrected chi connectivity index (χ0v) is 12.6. The van der Waals surface area contributed by atoms with Crippen molar-refractivity contribution in [3.8, 4) is 0 Å². The number of nitrogens with one attached hydrogen (secondary N) is 1. The van der Waals surface area contributed by atoms with Gasteiger partial charge in [0.1, 0.15) is 5.84 Å². The molecule has 0 radical (unpaired) electrons. The molecular weight excluding hydrogens is 258 g/mol. The van der Waals surface area contributed by atoms with Gasteiger partial charge in [-0.1, -0.05) is 37.1 Å². The minimum atomic E-state index is 0.140. The lowest BCUT2D eigenvalue weighted by atomic mass is 10.0. The Labute approximate surface area is 126 Å². The molecule has 0 saturated heterocycles. The van der Waals surface area contributed by atoms with Gasteiger partial charge in [0.15, 0.2) is 0 Å². The molecule has 3 heteroatoms. The maximum Gasteiger partial charge on any atom is 0.123 e. The Morgan fingerprint density at radius 3 is 2.43 bits per heavy atom. The third kappa shape index (κ3) is 2.48. The van der Waals surface area contributed by atoms with Gasteiger partial charge in [0.2, 0.25) is 0 Å². The van der Waals surface area contributed by atoms with Crippen LogP contribution in [0.3, 0.4) is 0 Å². The van der Waals surface area contributed by atoms with Crippen LogP contribution >= 0.6 is 0 Å². The van der Waals surface area contributed by atoms with E-state index in [1.54, 1.807) is 0 Å². The van der Waals surface area contributed by atoms with Crippen LogP contribution in [-0.2, 0) is 0 Å². The Balaban J connectivity index is 2.14. The van der Waals surface area contributed by atoms with Crippen LogP contribution in [0, 0.1) is 5.41 Å². The van der Waals surface area contributed by atoms with E-state index in [2.05, 4.69) is 36.1 Å². The quantitative estimate of drug-likeness (QED) is 0.660. The van der Waals surface area contributed by atoms with Gasteiger partial charge >= 0.3 is 0 Å². The van der Waals surface area contributed by atoms with Crippen molar-refractivity contribution in [2.45, 2.75) is 38.6 Å². The first-order chi connectivity index (χ1) is 10.2. The normalized spacial score (nSPS) is 15.5. The molecule has 21 heavy (non-hydrogen) atoms. The van der Waals surface area contributed by atoms with Crippen molar-refractivity contribution in [2.75, 3.05) is 11.4 Å². The summed E-state index contributed by atoms with van der Waals surface area (Å²) in [6.45, 7) is 3.25. The molecule has 0 bridgehead atoms. The summed E-state index contributed by atoms with van der Waals surface area (Å²) in [6.07, 6.45) is 5.25. The second-order valence-corrected chi connectivity index (χ2v) is 5.82. The average molecular weight is 281 g/mol. The van der Waals surface area contributed by atoms with E-state index >= 15 is 0 Å². The Hall–Kier alpha value is -2.03. The van der Waals surface area contributed by atoms with Gasteiger partial charge in [-0.15, -0.1) is 0 Å². The van der Waals surface area contributed by atoms with Crippen molar-refractivity contribution >= 4 is 22.3 Å². The van der Waals surface area contributed by atoms with Gasteiger partial charge in [0.05, 0.1) is 0 Å².